The molecule has 5 heteroatoms. The summed E-state index contributed by atoms with van der Waals surface area (Å²) >= 11 is 0. The summed E-state index contributed by atoms with van der Waals surface area (Å²) in [4.78, 5) is 11.8. The predicted octanol–water partition coefficient (Wildman–Crippen LogP) is 4.90. The van der Waals surface area contributed by atoms with E-state index in [9.17, 15) is 4.79 Å². The fourth-order valence-electron chi connectivity index (χ4n) is 4.71. The minimum Gasteiger partial charge on any atom is -0.413 e. The van der Waals surface area contributed by atoms with Crippen molar-refractivity contribution in [1.29, 1.82) is 0 Å². The first-order chi connectivity index (χ1) is 12.8. The molecule has 0 aliphatic carbocycles. The minimum absolute atomic E-state index is 0.0627. The first-order valence-corrected chi connectivity index (χ1v) is 12.5. The van der Waals surface area contributed by atoms with Crippen molar-refractivity contribution in [3.63, 3.8) is 0 Å². The Labute approximate surface area is 166 Å². The standard InChI is InChI=1S/C22H37NO3Si/c1-16(2)27(17(3)4,18(5)6)26-15-21(20-12-22(24)23-13-20)25-14-19-10-8-7-9-11-19/h7-11,16-18,20-21H,12-15H2,1-6H3,(H,23,24)/t20?,21-/m1/s1. The highest BCUT2D eigenvalue weighted by atomic mass is 28.4. The lowest BCUT2D eigenvalue weighted by Gasteiger charge is -2.43. The molecule has 1 unspecified atom stereocenters. The first-order valence-electron chi connectivity index (χ1n) is 10.3. The summed E-state index contributed by atoms with van der Waals surface area (Å²) in [6, 6.07) is 10.2. The highest BCUT2D eigenvalue weighted by molar-refractivity contribution is 6.77. The van der Waals surface area contributed by atoms with Crippen molar-refractivity contribution < 1.29 is 14.0 Å². The maximum Gasteiger partial charge on any atom is 0.220 e. The number of nitrogens with one attached hydrogen (secondary N) is 1. The number of rotatable bonds is 10. The molecule has 1 aliphatic rings. The summed E-state index contributed by atoms with van der Waals surface area (Å²) in [7, 11) is -1.95. The molecule has 27 heavy (non-hydrogen) atoms. The zero-order valence-electron chi connectivity index (χ0n) is 17.8. The third-order valence-electron chi connectivity index (χ3n) is 6.05. The molecule has 1 aromatic rings. The number of hydrogen-bond donors (Lipinski definition) is 1. The lowest BCUT2D eigenvalue weighted by Crippen LogP contribution is -2.50. The molecular formula is C22H37NO3Si. The Kier molecular flexibility index (Phi) is 8.07. The van der Waals surface area contributed by atoms with Gasteiger partial charge in [-0.3, -0.25) is 4.79 Å². The van der Waals surface area contributed by atoms with E-state index in [1.165, 1.54) is 0 Å². The van der Waals surface area contributed by atoms with Crippen molar-refractivity contribution in [2.24, 2.45) is 5.92 Å². The van der Waals surface area contributed by atoms with E-state index in [4.69, 9.17) is 9.16 Å². The van der Waals surface area contributed by atoms with Crippen LogP contribution >= 0.6 is 0 Å². The highest BCUT2D eigenvalue weighted by Gasteiger charge is 2.46. The van der Waals surface area contributed by atoms with Crippen molar-refractivity contribution >= 4 is 14.2 Å². The van der Waals surface area contributed by atoms with Gasteiger partial charge in [0.2, 0.25) is 5.91 Å². The van der Waals surface area contributed by atoms with Crippen LogP contribution in [0.15, 0.2) is 30.3 Å². The second-order valence-corrected chi connectivity index (χ2v) is 14.2. The van der Waals surface area contributed by atoms with Gasteiger partial charge < -0.3 is 14.5 Å². The second kappa shape index (κ2) is 9.85. The van der Waals surface area contributed by atoms with Crippen LogP contribution in [0, 0.1) is 5.92 Å². The highest BCUT2D eigenvalue weighted by Crippen LogP contribution is 2.42. The van der Waals surface area contributed by atoms with Gasteiger partial charge in [0.15, 0.2) is 8.32 Å². The molecule has 2 rings (SSSR count). The molecule has 0 spiro atoms. The number of amides is 1. The molecule has 1 amide bonds. The van der Waals surface area contributed by atoms with E-state index in [-0.39, 0.29) is 17.9 Å². The largest absolute Gasteiger partial charge is 0.413 e. The van der Waals surface area contributed by atoms with Crippen LogP contribution < -0.4 is 5.32 Å². The van der Waals surface area contributed by atoms with E-state index in [0.29, 0.717) is 42.8 Å². The normalized spacial score (nSPS) is 19.1. The predicted molar refractivity (Wildman–Crippen MR) is 113 cm³/mol. The molecule has 0 bridgehead atoms. The summed E-state index contributed by atoms with van der Waals surface area (Å²) < 4.78 is 13.1. The SMILES string of the molecule is CC(C)[Si](OC[C@@H](OCc1ccccc1)C1CNC(=O)C1)(C(C)C)C(C)C. The van der Waals surface area contributed by atoms with E-state index >= 15 is 0 Å². The van der Waals surface area contributed by atoms with Crippen LogP contribution in [-0.4, -0.2) is 33.5 Å². The summed E-state index contributed by atoms with van der Waals surface area (Å²) in [6.07, 6.45) is 0.467. The zero-order chi connectivity index (χ0) is 20.0. The Bertz CT molecular complexity index is 567. The molecular weight excluding hydrogens is 354 g/mol. The molecule has 1 heterocycles. The summed E-state index contributed by atoms with van der Waals surface area (Å²) in [5.41, 5.74) is 2.77. The van der Waals surface area contributed by atoms with E-state index < -0.39 is 8.32 Å². The molecule has 1 aromatic carbocycles. The van der Waals surface area contributed by atoms with Crippen LogP contribution in [0.3, 0.4) is 0 Å². The average Bonchev–Trinajstić information content (AvgIpc) is 3.04. The molecule has 0 radical (unpaired) electrons. The Morgan fingerprint density at radius 1 is 1.04 bits per heavy atom. The Morgan fingerprint density at radius 2 is 1.63 bits per heavy atom. The minimum atomic E-state index is -1.95. The van der Waals surface area contributed by atoms with Gasteiger partial charge in [-0.1, -0.05) is 71.9 Å². The molecule has 2 atom stereocenters. The van der Waals surface area contributed by atoms with Gasteiger partial charge in [-0.05, 0) is 22.2 Å². The zero-order valence-corrected chi connectivity index (χ0v) is 18.8. The maximum atomic E-state index is 11.8. The van der Waals surface area contributed by atoms with Gasteiger partial charge in [-0.2, -0.15) is 0 Å². The number of hydrogen-bond acceptors (Lipinski definition) is 3. The quantitative estimate of drug-likeness (QED) is 0.577. The summed E-state index contributed by atoms with van der Waals surface area (Å²) in [5.74, 6) is 0.299. The van der Waals surface area contributed by atoms with Crippen molar-refractivity contribution in [3.8, 4) is 0 Å². The number of carbonyl (C=O) groups excluding carboxylic acids is 1. The second-order valence-electron chi connectivity index (χ2n) is 8.73. The Morgan fingerprint density at radius 3 is 2.11 bits per heavy atom. The lowest BCUT2D eigenvalue weighted by atomic mass is 10.0. The molecule has 4 nitrogen and oxygen atoms in total. The van der Waals surface area contributed by atoms with Gasteiger partial charge in [-0.15, -0.1) is 0 Å². The van der Waals surface area contributed by atoms with Crippen LogP contribution in [0.25, 0.3) is 0 Å². The summed E-state index contributed by atoms with van der Waals surface area (Å²) in [5, 5.41) is 2.95. The van der Waals surface area contributed by atoms with Gasteiger partial charge in [0.1, 0.15) is 0 Å². The van der Waals surface area contributed by atoms with Crippen molar-refractivity contribution in [2.75, 3.05) is 13.2 Å². The fourth-order valence-corrected chi connectivity index (χ4v) is 10.2. The van der Waals surface area contributed by atoms with Gasteiger partial charge >= 0.3 is 0 Å². The molecule has 1 saturated heterocycles. The van der Waals surface area contributed by atoms with Crippen LogP contribution in [0.4, 0.5) is 0 Å². The van der Waals surface area contributed by atoms with Crippen molar-refractivity contribution in [2.45, 2.75) is 77.3 Å². The van der Waals surface area contributed by atoms with Crippen LogP contribution in [0.5, 0.6) is 0 Å². The molecule has 1 aliphatic heterocycles. The van der Waals surface area contributed by atoms with E-state index in [2.05, 4.69) is 59.0 Å². The molecule has 0 aromatic heterocycles. The first kappa shape index (κ1) is 22.1. The molecule has 152 valence electrons. The van der Waals surface area contributed by atoms with E-state index in [1.807, 2.05) is 18.2 Å². The number of benzene rings is 1. The van der Waals surface area contributed by atoms with Gasteiger partial charge in [0, 0.05) is 18.9 Å². The monoisotopic (exact) mass is 391 g/mol. The van der Waals surface area contributed by atoms with Crippen molar-refractivity contribution in [1.82, 2.24) is 5.32 Å². The fraction of sp³-hybridized carbons (Fsp3) is 0.682. The molecule has 1 N–H and O–H groups in total. The van der Waals surface area contributed by atoms with E-state index in [0.717, 1.165) is 5.56 Å². The van der Waals surface area contributed by atoms with Crippen molar-refractivity contribution in [3.05, 3.63) is 35.9 Å². The van der Waals surface area contributed by atoms with Gasteiger partial charge in [0.25, 0.3) is 0 Å². The third-order valence-corrected chi connectivity index (χ3v) is 12.1. The van der Waals surface area contributed by atoms with Crippen LogP contribution in [0.2, 0.25) is 16.6 Å². The third kappa shape index (κ3) is 5.43. The summed E-state index contributed by atoms with van der Waals surface area (Å²) in [6.45, 7) is 15.6. The lowest BCUT2D eigenvalue weighted by molar-refractivity contribution is -0.119. The maximum absolute atomic E-state index is 11.8. The van der Waals surface area contributed by atoms with Gasteiger partial charge in [0.05, 0.1) is 19.3 Å². The van der Waals surface area contributed by atoms with E-state index in [1.54, 1.807) is 0 Å². The van der Waals surface area contributed by atoms with Crippen LogP contribution in [-0.2, 0) is 20.6 Å². The Balaban J connectivity index is 2.11. The van der Waals surface area contributed by atoms with Crippen LogP contribution in [0.1, 0.15) is 53.5 Å². The molecule has 1 fully saturated rings. The number of ether oxygens (including phenoxy) is 1. The topological polar surface area (TPSA) is 47.6 Å². The average molecular weight is 392 g/mol. The van der Waals surface area contributed by atoms with Gasteiger partial charge in [-0.25, -0.2) is 0 Å². The Hall–Kier alpha value is -1.17. The smallest absolute Gasteiger partial charge is 0.220 e. The number of carbonyl (C=O) groups is 1. The molecule has 0 saturated carbocycles.